The highest BCUT2D eigenvalue weighted by Crippen LogP contribution is 2.20. The van der Waals surface area contributed by atoms with Crippen molar-refractivity contribution >= 4 is 0 Å². The second-order valence-corrected chi connectivity index (χ2v) is 5.68. The zero-order chi connectivity index (χ0) is 14.1. The predicted molar refractivity (Wildman–Crippen MR) is 82.2 cm³/mol. The van der Waals surface area contributed by atoms with Gasteiger partial charge in [-0.15, -0.1) is 0 Å². The van der Waals surface area contributed by atoms with Gasteiger partial charge in [0.25, 0.3) is 0 Å². The molecule has 0 aliphatic carbocycles. The molecular formula is C17H29NO. The number of hydrogen-bond donors (Lipinski definition) is 2. The third-order valence-electron chi connectivity index (χ3n) is 3.64. The summed E-state index contributed by atoms with van der Waals surface area (Å²) in [7, 11) is 0. The molecule has 0 saturated heterocycles. The Balaban J connectivity index is 2.54. The summed E-state index contributed by atoms with van der Waals surface area (Å²) in [4.78, 5) is 0. The van der Waals surface area contributed by atoms with Crippen LogP contribution in [0.25, 0.3) is 0 Å². The van der Waals surface area contributed by atoms with E-state index in [9.17, 15) is 5.11 Å². The molecule has 2 unspecified atom stereocenters. The van der Waals surface area contributed by atoms with Gasteiger partial charge in [-0.1, -0.05) is 70.4 Å². The van der Waals surface area contributed by atoms with Crippen molar-refractivity contribution in [3.05, 3.63) is 35.9 Å². The number of aliphatic hydroxyl groups is 1. The third-order valence-corrected chi connectivity index (χ3v) is 3.64. The molecule has 0 radical (unpaired) electrons. The summed E-state index contributed by atoms with van der Waals surface area (Å²) in [5.41, 5.74) is 1.33. The third kappa shape index (κ3) is 6.22. The van der Waals surface area contributed by atoms with Crippen molar-refractivity contribution < 1.29 is 5.11 Å². The smallest absolute Gasteiger partial charge is 0.0687 e. The van der Waals surface area contributed by atoms with Gasteiger partial charge in [0.15, 0.2) is 0 Å². The fourth-order valence-corrected chi connectivity index (χ4v) is 2.17. The maximum atomic E-state index is 9.93. The Morgan fingerprint density at radius 1 is 1.11 bits per heavy atom. The van der Waals surface area contributed by atoms with Crippen LogP contribution in [0.2, 0.25) is 0 Å². The minimum atomic E-state index is -0.266. The van der Waals surface area contributed by atoms with Gasteiger partial charge in [-0.25, -0.2) is 0 Å². The van der Waals surface area contributed by atoms with Crippen molar-refractivity contribution in [2.75, 3.05) is 6.54 Å². The Labute approximate surface area is 118 Å². The van der Waals surface area contributed by atoms with Gasteiger partial charge in [-0.3, -0.25) is 0 Å². The van der Waals surface area contributed by atoms with Crippen LogP contribution in [0.4, 0.5) is 0 Å². The Hall–Kier alpha value is -0.860. The summed E-state index contributed by atoms with van der Waals surface area (Å²) in [6.45, 7) is 7.01. The van der Waals surface area contributed by atoms with E-state index in [-0.39, 0.29) is 6.10 Å². The maximum Gasteiger partial charge on any atom is 0.0687 e. The van der Waals surface area contributed by atoms with E-state index in [1.165, 1.54) is 24.8 Å². The summed E-state index contributed by atoms with van der Waals surface area (Å²) < 4.78 is 0. The van der Waals surface area contributed by atoms with E-state index in [1.54, 1.807) is 0 Å². The van der Waals surface area contributed by atoms with Gasteiger partial charge < -0.3 is 10.4 Å². The molecule has 0 aliphatic rings. The lowest BCUT2D eigenvalue weighted by atomic mass is 9.99. The number of nitrogens with one attached hydrogen (secondary N) is 1. The summed E-state index contributed by atoms with van der Waals surface area (Å²) >= 11 is 0. The van der Waals surface area contributed by atoms with Crippen LogP contribution < -0.4 is 5.32 Å². The Morgan fingerprint density at radius 2 is 1.79 bits per heavy atom. The predicted octanol–water partition coefficient (Wildman–Crippen LogP) is 3.91. The number of benzene rings is 1. The average Bonchev–Trinajstić information content (AvgIpc) is 2.43. The lowest BCUT2D eigenvalue weighted by Gasteiger charge is -2.23. The topological polar surface area (TPSA) is 32.3 Å². The molecule has 0 bridgehead atoms. The molecule has 19 heavy (non-hydrogen) atoms. The molecular weight excluding hydrogens is 234 g/mol. The quantitative estimate of drug-likeness (QED) is 0.662. The number of rotatable bonds is 9. The molecule has 1 aromatic rings. The van der Waals surface area contributed by atoms with E-state index < -0.39 is 0 Å². The lowest BCUT2D eigenvalue weighted by Crippen LogP contribution is -2.33. The standard InChI is InChI=1S/C17H29NO/c1-4-5-7-12-16(15-10-8-6-9-11-15)18-13-17(19)14(2)3/h6,8-11,14,16-19H,4-5,7,12-13H2,1-3H3. The molecule has 0 spiro atoms. The highest BCUT2D eigenvalue weighted by Gasteiger charge is 2.14. The minimum absolute atomic E-state index is 0.266. The molecule has 0 aliphatic heterocycles. The van der Waals surface area contributed by atoms with E-state index >= 15 is 0 Å². The molecule has 0 fully saturated rings. The van der Waals surface area contributed by atoms with Crippen molar-refractivity contribution in [1.82, 2.24) is 5.32 Å². The molecule has 1 aromatic carbocycles. The first-order valence-electron chi connectivity index (χ1n) is 7.61. The summed E-state index contributed by atoms with van der Waals surface area (Å²) in [6, 6.07) is 10.9. The second-order valence-electron chi connectivity index (χ2n) is 5.68. The van der Waals surface area contributed by atoms with Gasteiger partial charge in [-0.2, -0.15) is 0 Å². The number of aliphatic hydroxyl groups excluding tert-OH is 1. The van der Waals surface area contributed by atoms with Gasteiger partial charge in [0, 0.05) is 12.6 Å². The molecule has 2 atom stereocenters. The molecule has 2 heteroatoms. The molecule has 0 amide bonds. The fraction of sp³-hybridized carbons (Fsp3) is 0.647. The molecule has 108 valence electrons. The van der Waals surface area contributed by atoms with Gasteiger partial charge >= 0.3 is 0 Å². The van der Waals surface area contributed by atoms with Crippen molar-refractivity contribution in [3.63, 3.8) is 0 Å². The SMILES string of the molecule is CCCCCC(NCC(O)C(C)C)c1ccccc1. The fourth-order valence-electron chi connectivity index (χ4n) is 2.17. The van der Waals surface area contributed by atoms with Crippen LogP contribution in [0.5, 0.6) is 0 Å². The van der Waals surface area contributed by atoms with Gasteiger partial charge in [0.1, 0.15) is 0 Å². The lowest BCUT2D eigenvalue weighted by molar-refractivity contribution is 0.119. The van der Waals surface area contributed by atoms with E-state index in [0.29, 0.717) is 18.5 Å². The zero-order valence-corrected chi connectivity index (χ0v) is 12.6. The molecule has 2 nitrogen and oxygen atoms in total. The van der Waals surface area contributed by atoms with Crippen LogP contribution in [0.3, 0.4) is 0 Å². The summed E-state index contributed by atoms with van der Waals surface area (Å²) in [6.07, 6.45) is 4.63. The van der Waals surface area contributed by atoms with Crippen molar-refractivity contribution in [1.29, 1.82) is 0 Å². The Morgan fingerprint density at radius 3 is 2.37 bits per heavy atom. The van der Waals surface area contributed by atoms with E-state index in [0.717, 1.165) is 6.42 Å². The van der Waals surface area contributed by atoms with Crippen molar-refractivity contribution in [2.24, 2.45) is 5.92 Å². The largest absolute Gasteiger partial charge is 0.392 e. The number of hydrogen-bond acceptors (Lipinski definition) is 2. The van der Waals surface area contributed by atoms with Crippen molar-refractivity contribution in [2.45, 2.75) is 58.6 Å². The first-order valence-corrected chi connectivity index (χ1v) is 7.61. The van der Waals surface area contributed by atoms with Crippen LogP contribution in [0, 0.1) is 5.92 Å². The number of unbranched alkanes of at least 4 members (excludes halogenated alkanes) is 2. The van der Waals surface area contributed by atoms with E-state index in [4.69, 9.17) is 0 Å². The molecule has 0 heterocycles. The molecule has 0 saturated carbocycles. The molecule has 2 N–H and O–H groups in total. The van der Waals surface area contributed by atoms with Crippen LogP contribution in [-0.2, 0) is 0 Å². The molecule has 0 aromatic heterocycles. The Kier molecular flexibility index (Phi) is 7.76. The summed E-state index contributed by atoms with van der Waals surface area (Å²) in [5.74, 6) is 0.305. The van der Waals surface area contributed by atoms with E-state index in [2.05, 4.69) is 56.4 Å². The highest BCUT2D eigenvalue weighted by atomic mass is 16.3. The minimum Gasteiger partial charge on any atom is -0.392 e. The zero-order valence-electron chi connectivity index (χ0n) is 12.6. The van der Waals surface area contributed by atoms with Gasteiger partial charge in [0.2, 0.25) is 0 Å². The monoisotopic (exact) mass is 263 g/mol. The van der Waals surface area contributed by atoms with Crippen LogP contribution >= 0.6 is 0 Å². The van der Waals surface area contributed by atoms with Crippen LogP contribution in [-0.4, -0.2) is 17.8 Å². The van der Waals surface area contributed by atoms with Gasteiger partial charge in [-0.05, 0) is 17.9 Å². The van der Waals surface area contributed by atoms with Crippen LogP contribution in [0.1, 0.15) is 58.1 Å². The summed E-state index contributed by atoms with van der Waals surface area (Å²) in [5, 5.41) is 13.5. The second kappa shape index (κ2) is 9.11. The normalized spacial score (nSPS) is 14.6. The van der Waals surface area contributed by atoms with Gasteiger partial charge in [0.05, 0.1) is 6.10 Å². The highest BCUT2D eigenvalue weighted by molar-refractivity contribution is 5.18. The molecule has 1 rings (SSSR count). The maximum absolute atomic E-state index is 9.93. The Bertz CT molecular complexity index is 323. The van der Waals surface area contributed by atoms with Crippen LogP contribution in [0.15, 0.2) is 30.3 Å². The van der Waals surface area contributed by atoms with E-state index in [1.807, 2.05) is 0 Å². The average molecular weight is 263 g/mol. The van der Waals surface area contributed by atoms with Crippen molar-refractivity contribution in [3.8, 4) is 0 Å². The first kappa shape index (κ1) is 16.2. The first-order chi connectivity index (χ1) is 9.15.